The van der Waals surface area contributed by atoms with Crippen LogP contribution in [0.15, 0.2) is 29.2 Å². The lowest BCUT2D eigenvalue weighted by atomic mass is 10.3. The summed E-state index contributed by atoms with van der Waals surface area (Å²) in [5, 5.41) is 17.7. The molecule has 0 unspecified atom stereocenters. The third kappa shape index (κ3) is 2.44. The van der Waals surface area contributed by atoms with Crippen LogP contribution in [0.1, 0.15) is 5.69 Å². The van der Waals surface area contributed by atoms with Crippen molar-refractivity contribution in [2.45, 2.75) is 0 Å². The molecule has 2 aromatic heterocycles. The van der Waals surface area contributed by atoms with Gasteiger partial charge in [-0.1, -0.05) is 6.07 Å². The summed E-state index contributed by atoms with van der Waals surface area (Å²) in [6.07, 6.45) is 3.27. The average molecular weight is 268 g/mol. The Labute approximate surface area is 112 Å². The van der Waals surface area contributed by atoms with Crippen LogP contribution in [0.5, 0.6) is 0 Å². The molecule has 2 rings (SSSR count). The van der Waals surface area contributed by atoms with Gasteiger partial charge in [0.05, 0.1) is 10.2 Å². The summed E-state index contributed by atoms with van der Waals surface area (Å²) in [5.41, 5.74) is 0.349. The Balaban J connectivity index is 2.79. The zero-order valence-electron chi connectivity index (χ0n) is 9.99. The molecule has 0 saturated carbocycles. The number of thiazole rings is 1. The summed E-state index contributed by atoms with van der Waals surface area (Å²) in [6, 6.07) is 8.96. The lowest BCUT2D eigenvalue weighted by Gasteiger charge is -1.87. The Morgan fingerprint density at radius 1 is 1.42 bits per heavy atom. The molecule has 0 aliphatic rings. The molecule has 19 heavy (non-hydrogen) atoms. The first-order valence-corrected chi connectivity index (χ1v) is 6.12. The van der Waals surface area contributed by atoms with Crippen molar-refractivity contribution in [2.24, 2.45) is 7.05 Å². The third-order valence-corrected chi connectivity index (χ3v) is 3.61. The fraction of sp³-hybridized carbons (Fsp3) is 0.0769. The summed E-state index contributed by atoms with van der Waals surface area (Å²) >= 11 is 1.11. The average Bonchev–Trinajstić information content (AvgIpc) is 2.70. The maximum Gasteiger partial charge on any atom is 0.268 e. The zero-order valence-corrected chi connectivity index (χ0v) is 10.8. The highest BCUT2D eigenvalue weighted by atomic mass is 32.1. The molecular weight excluding hydrogens is 260 g/mol. The van der Waals surface area contributed by atoms with E-state index in [2.05, 4.69) is 4.98 Å². The standard InChI is InChI=1S/C13H8N4OS/c1-17-12(18)11(6-10-4-2-3-5-16-10)19-13(17)9(7-14)8-15/h2-6H,1H3/b11-6+. The van der Waals surface area contributed by atoms with Crippen molar-refractivity contribution in [1.82, 2.24) is 9.55 Å². The molecule has 0 radical (unpaired) electrons. The van der Waals surface area contributed by atoms with Crippen LogP contribution in [-0.4, -0.2) is 9.55 Å². The summed E-state index contributed by atoms with van der Waals surface area (Å²) < 4.78 is 2.11. The van der Waals surface area contributed by atoms with Crippen LogP contribution >= 0.6 is 11.3 Å². The Kier molecular flexibility index (Phi) is 3.56. The van der Waals surface area contributed by atoms with Gasteiger partial charge in [0.25, 0.3) is 5.56 Å². The molecule has 0 fully saturated rings. The molecule has 0 aromatic carbocycles. The fourth-order valence-corrected chi connectivity index (χ4v) is 2.53. The van der Waals surface area contributed by atoms with Gasteiger partial charge in [-0.2, -0.15) is 10.5 Å². The van der Waals surface area contributed by atoms with E-state index >= 15 is 0 Å². The van der Waals surface area contributed by atoms with Crippen LogP contribution in [0.4, 0.5) is 0 Å². The summed E-state index contributed by atoms with van der Waals surface area (Å²) in [7, 11) is 1.54. The number of nitrogens with zero attached hydrogens (tertiary/aromatic N) is 4. The van der Waals surface area contributed by atoms with Gasteiger partial charge in [-0.3, -0.25) is 9.78 Å². The van der Waals surface area contributed by atoms with Gasteiger partial charge in [0, 0.05) is 13.2 Å². The third-order valence-electron chi connectivity index (χ3n) is 2.43. The second kappa shape index (κ2) is 5.30. The Morgan fingerprint density at radius 3 is 2.74 bits per heavy atom. The Morgan fingerprint density at radius 2 is 2.16 bits per heavy atom. The smallest absolute Gasteiger partial charge is 0.268 e. The minimum absolute atomic E-state index is 0.0646. The van der Waals surface area contributed by atoms with E-state index in [0.29, 0.717) is 14.9 Å². The molecule has 0 amide bonds. The molecule has 0 spiro atoms. The van der Waals surface area contributed by atoms with Crippen LogP contribution in [-0.2, 0) is 7.05 Å². The van der Waals surface area contributed by atoms with E-state index in [1.807, 2.05) is 6.07 Å². The van der Waals surface area contributed by atoms with E-state index in [4.69, 9.17) is 10.5 Å². The molecule has 0 atom stereocenters. The molecule has 6 heteroatoms. The highest BCUT2D eigenvalue weighted by Gasteiger charge is 2.05. The molecule has 0 aliphatic carbocycles. The van der Waals surface area contributed by atoms with Crippen LogP contribution in [0, 0.1) is 22.7 Å². The highest BCUT2D eigenvalue weighted by molar-refractivity contribution is 7.07. The largest absolute Gasteiger partial charge is 0.300 e. The van der Waals surface area contributed by atoms with Crippen LogP contribution < -0.4 is 14.8 Å². The lowest BCUT2D eigenvalue weighted by Crippen LogP contribution is -2.29. The van der Waals surface area contributed by atoms with Gasteiger partial charge < -0.3 is 4.57 Å². The van der Waals surface area contributed by atoms with E-state index in [1.54, 1.807) is 43.6 Å². The number of hydrogen-bond donors (Lipinski definition) is 0. The molecule has 2 heterocycles. The van der Waals surface area contributed by atoms with Crippen molar-refractivity contribution in [3.63, 3.8) is 0 Å². The molecule has 0 N–H and O–H groups in total. The second-order valence-electron chi connectivity index (χ2n) is 3.63. The molecule has 0 saturated heterocycles. The predicted octanol–water partition coefficient (Wildman–Crippen LogP) is -0.132. The molecule has 0 bridgehead atoms. The van der Waals surface area contributed by atoms with E-state index in [9.17, 15) is 4.79 Å². The van der Waals surface area contributed by atoms with Gasteiger partial charge in [0.2, 0.25) is 0 Å². The number of hydrogen-bond acceptors (Lipinski definition) is 5. The van der Waals surface area contributed by atoms with Crippen molar-refractivity contribution in [2.75, 3.05) is 0 Å². The van der Waals surface area contributed by atoms with Crippen molar-refractivity contribution in [1.29, 1.82) is 10.5 Å². The lowest BCUT2D eigenvalue weighted by molar-refractivity contribution is 0.855. The van der Waals surface area contributed by atoms with Crippen molar-refractivity contribution < 1.29 is 0 Å². The fourth-order valence-electron chi connectivity index (χ4n) is 1.50. The van der Waals surface area contributed by atoms with Crippen molar-refractivity contribution >= 4 is 23.0 Å². The number of rotatable bonds is 1. The normalized spacial score (nSPS) is 10.8. The monoisotopic (exact) mass is 268 g/mol. The molecular formula is C13H8N4OS. The van der Waals surface area contributed by atoms with Crippen LogP contribution in [0.25, 0.3) is 11.6 Å². The van der Waals surface area contributed by atoms with Crippen molar-refractivity contribution in [3.8, 4) is 12.1 Å². The zero-order chi connectivity index (χ0) is 13.8. The topological polar surface area (TPSA) is 82.5 Å². The number of pyridine rings is 1. The summed E-state index contributed by atoms with van der Waals surface area (Å²) in [4.78, 5) is 16.1. The van der Waals surface area contributed by atoms with Gasteiger partial charge in [0.1, 0.15) is 16.8 Å². The number of nitriles is 2. The first-order chi connectivity index (χ1) is 9.17. The van der Waals surface area contributed by atoms with Gasteiger partial charge in [-0.25, -0.2) is 0 Å². The molecule has 5 nitrogen and oxygen atoms in total. The quantitative estimate of drug-likeness (QED) is 0.721. The van der Waals surface area contributed by atoms with Gasteiger partial charge in [-0.05, 0) is 18.2 Å². The van der Waals surface area contributed by atoms with E-state index in [-0.39, 0.29) is 11.1 Å². The SMILES string of the molecule is Cn1c(=C(C#N)C#N)s/c(=C/c2ccccn2)c1=O. The second-order valence-corrected chi connectivity index (χ2v) is 4.66. The minimum Gasteiger partial charge on any atom is -0.300 e. The van der Waals surface area contributed by atoms with E-state index < -0.39 is 0 Å². The van der Waals surface area contributed by atoms with Crippen molar-refractivity contribution in [3.05, 3.63) is 49.6 Å². The summed E-state index contributed by atoms with van der Waals surface area (Å²) in [5.74, 6) is 0. The van der Waals surface area contributed by atoms with Gasteiger partial charge in [0.15, 0.2) is 5.57 Å². The van der Waals surface area contributed by atoms with Crippen LogP contribution in [0.3, 0.4) is 0 Å². The van der Waals surface area contributed by atoms with Gasteiger partial charge in [-0.15, -0.1) is 11.3 Å². The summed E-state index contributed by atoms with van der Waals surface area (Å²) in [6.45, 7) is 0. The van der Waals surface area contributed by atoms with Crippen LogP contribution in [0.2, 0.25) is 0 Å². The maximum absolute atomic E-state index is 12.0. The highest BCUT2D eigenvalue weighted by Crippen LogP contribution is 1.93. The molecule has 0 aliphatic heterocycles. The molecule has 2 aromatic rings. The van der Waals surface area contributed by atoms with E-state index in [1.165, 1.54) is 4.57 Å². The molecule has 92 valence electrons. The first kappa shape index (κ1) is 12.7. The number of aromatic nitrogens is 2. The van der Waals surface area contributed by atoms with Gasteiger partial charge >= 0.3 is 0 Å². The minimum atomic E-state index is -0.242. The first-order valence-electron chi connectivity index (χ1n) is 5.30. The Bertz CT molecular complexity index is 847. The van der Waals surface area contributed by atoms with E-state index in [0.717, 1.165) is 11.3 Å². The predicted molar refractivity (Wildman–Crippen MR) is 71.2 cm³/mol. The Hall–Kier alpha value is -2.70. The maximum atomic E-state index is 12.0.